The molecule has 0 fully saturated rings. The summed E-state index contributed by atoms with van der Waals surface area (Å²) >= 11 is 1.71. The summed E-state index contributed by atoms with van der Waals surface area (Å²) in [4.78, 5) is 2.30. The number of ether oxygens (including phenoxy) is 1. The fraction of sp³-hybridized carbons (Fsp3) is 0.474. The van der Waals surface area contributed by atoms with Crippen molar-refractivity contribution in [1.29, 1.82) is 0 Å². The third-order valence-corrected chi connectivity index (χ3v) is 4.34. The fourth-order valence-corrected chi connectivity index (χ4v) is 3.28. The van der Waals surface area contributed by atoms with Crippen LogP contribution in [0.4, 0.5) is 0 Å². The molecule has 126 valence electrons. The zero-order valence-electron chi connectivity index (χ0n) is 14.2. The summed E-state index contributed by atoms with van der Waals surface area (Å²) in [5.41, 5.74) is 2.40. The highest BCUT2D eigenvalue weighted by molar-refractivity contribution is 7.07. The third-order valence-electron chi connectivity index (χ3n) is 3.60. The van der Waals surface area contributed by atoms with Crippen LogP contribution in [0.2, 0.25) is 0 Å². The number of aryl methyl sites for hydroxylation is 1. The molecule has 2 rings (SSSR count). The lowest BCUT2D eigenvalue weighted by Gasteiger charge is -2.26. The molecule has 3 nitrogen and oxygen atoms in total. The van der Waals surface area contributed by atoms with Crippen LogP contribution in [0.15, 0.2) is 41.1 Å². The summed E-state index contributed by atoms with van der Waals surface area (Å²) < 4.78 is 5.77. The van der Waals surface area contributed by atoms with E-state index in [1.807, 2.05) is 31.2 Å². The van der Waals surface area contributed by atoms with Crippen LogP contribution in [-0.4, -0.2) is 35.8 Å². The second kappa shape index (κ2) is 9.06. The van der Waals surface area contributed by atoms with Gasteiger partial charge in [-0.3, -0.25) is 4.90 Å². The molecule has 1 heterocycles. The molecular weight excluding hydrogens is 306 g/mol. The van der Waals surface area contributed by atoms with E-state index >= 15 is 0 Å². The van der Waals surface area contributed by atoms with Crippen LogP contribution < -0.4 is 4.74 Å². The minimum atomic E-state index is -0.494. The minimum Gasteiger partial charge on any atom is -0.491 e. The van der Waals surface area contributed by atoms with Gasteiger partial charge in [-0.15, -0.1) is 0 Å². The van der Waals surface area contributed by atoms with Crippen LogP contribution in [0, 0.1) is 12.8 Å². The highest BCUT2D eigenvalue weighted by atomic mass is 32.1. The molecule has 0 spiro atoms. The van der Waals surface area contributed by atoms with Gasteiger partial charge in [0.25, 0.3) is 0 Å². The highest BCUT2D eigenvalue weighted by Crippen LogP contribution is 2.17. The number of hydrogen-bond acceptors (Lipinski definition) is 4. The van der Waals surface area contributed by atoms with Crippen molar-refractivity contribution in [2.45, 2.75) is 33.4 Å². The Bertz CT molecular complexity index is 569. The average molecular weight is 333 g/mol. The normalized spacial score (nSPS) is 12.8. The Kier molecular flexibility index (Phi) is 7.09. The Labute approximate surface area is 143 Å². The molecule has 0 amide bonds. The van der Waals surface area contributed by atoms with Crippen molar-refractivity contribution < 1.29 is 9.84 Å². The maximum absolute atomic E-state index is 10.3. The summed E-state index contributed by atoms with van der Waals surface area (Å²) in [6.07, 6.45) is -0.494. The number of rotatable bonds is 9. The van der Waals surface area contributed by atoms with Crippen molar-refractivity contribution in [3.05, 3.63) is 52.2 Å². The largest absolute Gasteiger partial charge is 0.491 e. The van der Waals surface area contributed by atoms with Gasteiger partial charge in [0.15, 0.2) is 0 Å². The zero-order chi connectivity index (χ0) is 16.7. The first-order chi connectivity index (χ1) is 11.0. The van der Waals surface area contributed by atoms with Gasteiger partial charge in [0.1, 0.15) is 18.5 Å². The SMILES string of the molecule is Cc1ccccc1OC[C@@H](O)CN(Cc1ccsc1)CC(C)C. The molecule has 0 aliphatic carbocycles. The van der Waals surface area contributed by atoms with Crippen LogP contribution in [-0.2, 0) is 6.54 Å². The van der Waals surface area contributed by atoms with E-state index in [1.165, 1.54) is 5.56 Å². The molecule has 23 heavy (non-hydrogen) atoms. The molecule has 0 aliphatic rings. The van der Waals surface area contributed by atoms with Crippen LogP contribution >= 0.6 is 11.3 Å². The van der Waals surface area contributed by atoms with Crippen molar-refractivity contribution in [1.82, 2.24) is 4.90 Å². The first-order valence-corrected chi connectivity index (χ1v) is 9.08. The molecule has 2 aromatic rings. The molecular formula is C19H27NO2S. The van der Waals surface area contributed by atoms with Crippen molar-refractivity contribution in [3.63, 3.8) is 0 Å². The van der Waals surface area contributed by atoms with Gasteiger partial charge in [0, 0.05) is 19.6 Å². The Morgan fingerprint density at radius 3 is 2.61 bits per heavy atom. The van der Waals surface area contributed by atoms with Gasteiger partial charge in [-0.2, -0.15) is 11.3 Å². The summed E-state index contributed by atoms with van der Waals surface area (Å²) in [5.74, 6) is 1.41. The molecule has 4 heteroatoms. The lowest BCUT2D eigenvalue weighted by Crippen LogP contribution is -2.37. The second-order valence-corrected chi connectivity index (χ2v) is 7.23. The number of nitrogens with zero attached hydrogens (tertiary/aromatic N) is 1. The number of aliphatic hydroxyl groups excluding tert-OH is 1. The predicted molar refractivity (Wildman–Crippen MR) is 97.1 cm³/mol. The zero-order valence-corrected chi connectivity index (χ0v) is 15.1. The summed E-state index contributed by atoms with van der Waals surface area (Å²) in [6.45, 7) is 9.22. The first-order valence-electron chi connectivity index (χ1n) is 8.14. The maximum atomic E-state index is 10.3. The van der Waals surface area contributed by atoms with Crippen molar-refractivity contribution in [3.8, 4) is 5.75 Å². The lowest BCUT2D eigenvalue weighted by atomic mass is 10.2. The molecule has 0 saturated carbocycles. The highest BCUT2D eigenvalue weighted by Gasteiger charge is 2.15. The van der Waals surface area contributed by atoms with Crippen LogP contribution in [0.25, 0.3) is 0 Å². The van der Waals surface area contributed by atoms with Crippen molar-refractivity contribution in [2.75, 3.05) is 19.7 Å². The molecule has 1 atom stereocenters. The molecule has 0 radical (unpaired) electrons. The molecule has 0 bridgehead atoms. The van der Waals surface area contributed by atoms with Gasteiger partial charge >= 0.3 is 0 Å². The second-order valence-electron chi connectivity index (χ2n) is 6.45. The van der Waals surface area contributed by atoms with E-state index < -0.39 is 6.10 Å². The molecule has 0 unspecified atom stereocenters. The van der Waals surface area contributed by atoms with Gasteiger partial charge in [-0.1, -0.05) is 32.0 Å². The third kappa shape index (κ3) is 6.34. The molecule has 1 N–H and O–H groups in total. The standard InChI is InChI=1S/C19H27NO2S/c1-15(2)10-20(11-17-8-9-23-14-17)12-18(21)13-22-19-7-5-4-6-16(19)3/h4-9,14-15,18,21H,10-13H2,1-3H3/t18-/m0/s1. The number of thiophene rings is 1. The first kappa shape index (κ1) is 18.0. The maximum Gasteiger partial charge on any atom is 0.122 e. The van der Waals surface area contributed by atoms with Crippen molar-refractivity contribution in [2.24, 2.45) is 5.92 Å². The Balaban J connectivity index is 1.86. The predicted octanol–water partition coefficient (Wildman–Crippen LogP) is 3.95. The van der Waals surface area contributed by atoms with E-state index in [0.717, 1.165) is 24.4 Å². The lowest BCUT2D eigenvalue weighted by molar-refractivity contribution is 0.0613. The molecule has 1 aromatic heterocycles. The average Bonchev–Trinajstić information content (AvgIpc) is 2.98. The molecule has 1 aromatic carbocycles. The van der Waals surface area contributed by atoms with Gasteiger partial charge in [-0.25, -0.2) is 0 Å². The van der Waals surface area contributed by atoms with Crippen LogP contribution in [0.1, 0.15) is 25.0 Å². The summed E-state index contributed by atoms with van der Waals surface area (Å²) in [7, 11) is 0. The Morgan fingerprint density at radius 1 is 1.17 bits per heavy atom. The van der Waals surface area contributed by atoms with E-state index in [-0.39, 0.29) is 0 Å². The fourth-order valence-electron chi connectivity index (χ4n) is 2.62. The van der Waals surface area contributed by atoms with Crippen LogP contribution in [0.5, 0.6) is 5.75 Å². The van der Waals surface area contributed by atoms with E-state index in [0.29, 0.717) is 19.1 Å². The van der Waals surface area contributed by atoms with E-state index in [1.54, 1.807) is 11.3 Å². The van der Waals surface area contributed by atoms with E-state index in [4.69, 9.17) is 4.74 Å². The molecule has 0 saturated heterocycles. The van der Waals surface area contributed by atoms with Gasteiger partial charge in [-0.05, 0) is 46.9 Å². The number of benzene rings is 1. The summed E-state index contributed by atoms with van der Waals surface area (Å²) in [6, 6.07) is 10.1. The number of para-hydroxylation sites is 1. The number of hydrogen-bond donors (Lipinski definition) is 1. The van der Waals surface area contributed by atoms with Gasteiger partial charge < -0.3 is 9.84 Å². The van der Waals surface area contributed by atoms with Gasteiger partial charge in [0.2, 0.25) is 0 Å². The Morgan fingerprint density at radius 2 is 1.96 bits per heavy atom. The monoisotopic (exact) mass is 333 g/mol. The van der Waals surface area contributed by atoms with E-state index in [2.05, 4.69) is 35.6 Å². The minimum absolute atomic E-state index is 0.323. The van der Waals surface area contributed by atoms with Crippen LogP contribution in [0.3, 0.4) is 0 Å². The van der Waals surface area contributed by atoms with Crippen molar-refractivity contribution >= 4 is 11.3 Å². The quantitative estimate of drug-likeness (QED) is 0.754. The van der Waals surface area contributed by atoms with Gasteiger partial charge in [0.05, 0.1) is 0 Å². The Hall–Kier alpha value is -1.36. The van der Waals surface area contributed by atoms with E-state index in [9.17, 15) is 5.11 Å². The molecule has 0 aliphatic heterocycles. The smallest absolute Gasteiger partial charge is 0.122 e. The summed E-state index contributed by atoms with van der Waals surface area (Å²) in [5, 5.41) is 14.6. The number of aliphatic hydroxyl groups is 1. The topological polar surface area (TPSA) is 32.7 Å².